The number of amides is 1. The Morgan fingerprint density at radius 1 is 1.24 bits per heavy atom. The first-order chi connectivity index (χ1) is 16.1. The monoisotopic (exact) mass is 515 g/mol. The highest BCUT2D eigenvalue weighted by atomic mass is 35.5. The van der Waals surface area contributed by atoms with Crippen LogP contribution in [0.25, 0.3) is 5.69 Å². The van der Waals surface area contributed by atoms with Gasteiger partial charge in [0.15, 0.2) is 12.3 Å². The van der Waals surface area contributed by atoms with Crippen LogP contribution in [-0.2, 0) is 11.0 Å². The number of thioether (sulfide) groups is 1. The van der Waals surface area contributed by atoms with Crippen molar-refractivity contribution in [1.82, 2.24) is 15.1 Å². The van der Waals surface area contributed by atoms with Gasteiger partial charge in [0.2, 0.25) is 5.88 Å². The van der Waals surface area contributed by atoms with E-state index >= 15 is 0 Å². The van der Waals surface area contributed by atoms with Gasteiger partial charge in [-0.1, -0.05) is 35.9 Å². The van der Waals surface area contributed by atoms with E-state index in [0.717, 1.165) is 9.58 Å². The van der Waals surface area contributed by atoms with Crippen molar-refractivity contribution in [3.05, 3.63) is 70.9 Å². The molecule has 0 saturated carbocycles. The summed E-state index contributed by atoms with van der Waals surface area (Å²) >= 11 is 7.60. The summed E-state index contributed by atoms with van der Waals surface area (Å²) in [4.78, 5) is 13.4. The molecule has 0 unspecified atom stereocenters. The Kier molecular flexibility index (Phi) is 8.47. The predicted molar refractivity (Wildman–Crippen MR) is 121 cm³/mol. The van der Waals surface area contributed by atoms with Gasteiger partial charge in [-0.3, -0.25) is 4.79 Å². The van der Waals surface area contributed by atoms with Crippen LogP contribution in [0.4, 0.5) is 13.2 Å². The number of benzene rings is 2. The van der Waals surface area contributed by atoms with Crippen molar-refractivity contribution < 1.29 is 32.9 Å². The third kappa shape index (κ3) is 6.23. The quantitative estimate of drug-likeness (QED) is 0.375. The number of para-hydroxylation sites is 1. The minimum atomic E-state index is -4.75. The van der Waals surface area contributed by atoms with E-state index in [1.54, 1.807) is 36.4 Å². The third-order valence-electron chi connectivity index (χ3n) is 4.78. The zero-order valence-electron chi connectivity index (χ0n) is 17.8. The van der Waals surface area contributed by atoms with Gasteiger partial charge in [-0.2, -0.15) is 23.0 Å². The average Bonchev–Trinajstić information content (AvgIpc) is 3.26. The average molecular weight is 516 g/mol. The molecule has 2 atom stereocenters. The van der Waals surface area contributed by atoms with Crippen molar-refractivity contribution in [3.63, 3.8) is 0 Å². The Morgan fingerprint density at radius 3 is 2.50 bits per heavy atom. The van der Waals surface area contributed by atoms with Crippen LogP contribution in [-0.4, -0.2) is 51.4 Å². The van der Waals surface area contributed by atoms with Gasteiger partial charge >= 0.3 is 6.18 Å². The zero-order valence-corrected chi connectivity index (χ0v) is 19.4. The lowest BCUT2D eigenvalue weighted by molar-refractivity contribution is -0.141. The lowest BCUT2D eigenvalue weighted by Crippen LogP contribution is -2.44. The fraction of sp³-hybridized carbons (Fsp3) is 0.273. The topological polar surface area (TPSA) is 96.6 Å². The summed E-state index contributed by atoms with van der Waals surface area (Å²) in [6, 6.07) is 12.6. The Bertz CT molecular complexity index is 1130. The highest BCUT2D eigenvalue weighted by molar-refractivity contribution is 7.98. The Morgan fingerprint density at radius 2 is 1.91 bits per heavy atom. The van der Waals surface area contributed by atoms with E-state index < -0.39 is 43.1 Å². The smallest absolute Gasteiger partial charge is 0.435 e. The summed E-state index contributed by atoms with van der Waals surface area (Å²) in [6.45, 7) is -1.27. The number of aliphatic hydroxyl groups is 2. The molecule has 0 bridgehead atoms. The van der Waals surface area contributed by atoms with Crippen LogP contribution in [0.5, 0.6) is 5.88 Å². The van der Waals surface area contributed by atoms with Crippen LogP contribution in [0.2, 0.25) is 5.02 Å². The summed E-state index contributed by atoms with van der Waals surface area (Å²) < 4.78 is 45.8. The van der Waals surface area contributed by atoms with Crippen molar-refractivity contribution in [1.29, 1.82) is 0 Å². The molecule has 3 aromatic rings. The molecule has 7 nitrogen and oxygen atoms in total. The largest absolute Gasteiger partial charge is 0.467 e. The van der Waals surface area contributed by atoms with Crippen molar-refractivity contribution in [3.8, 4) is 11.6 Å². The van der Waals surface area contributed by atoms with E-state index in [9.17, 15) is 28.2 Å². The highest BCUT2D eigenvalue weighted by Gasteiger charge is 2.36. The molecule has 0 aliphatic heterocycles. The molecule has 1 aromatic heterocycles. The molecule has 2 aromatic carbocycles. The van der Waals surface area contributed by atoms with Gasteiger partial charge in [-0.25, -0.2) is 0 Å². The number of ether oxygens (including phenoxy) is 1. The van der Waals surface area contributed by atoms with Gasteiger partial charge < -0.3 is 20.3 Å². The molecule has 12 heteroatoms. The Hall–Kier alpha value is -2.73. The summed E-state index contributed by atoms with van der Waals surface area (Å²) in [7, 11) is 0. The number of rotatable bonds is 9. The summed E-state index contributed by atoms with van der Waals surface area (Å²) in [5.41, 5.74) is -0.614. The second-order valence-electron chi connectivity index (χ2n) is 7.09. The molecule has 1 amide bonds. The number of carbonyl (C=O) groups is 1. The Balaban J connectivity index is 1.73. The molecule has 3 rings (SSSR count). The van der Waals surface area contributed by atoms with E-state index in [2.05, 4.69) is 10.4 Å². The molecule has 0 aliphatic rings. The molecule has 0 spiro atoms. The van der Waals surface area contributed by atoms with Gasteiger partial charge in [0.05, 0.1) is 23.4 Å². The molecule has 0 radical (unpaired) electrons. The van der Waals surface area contributed by atoms with Gasteiger partial charge in [0.25, 0.3) is 5.91 Å². The van der Waals surface area contributed by atoms with Gasteiger partial charge in [-0.15, -0.1) is 11.8 Å². The standard InChI is InChI=1S/C22H21ClF3N3O4S/c1-34-14-8-6-13(7-9-14)21(32)16(11-30)27-19(31)12-33-20-10-18(22(24,25)26)28-29(20)17-5-3-2-4-15(17)23/h2-10,16,21,30,32H,11-12H2,1H3,(H,27,31)/t16-,21+/m0/s1. The first-order valence-corrected chi connectivity index (χ1v) is 11.5. The van der Waals surface area contributed by atoms with E-state index in [0.29, 0.717) is 11.6 Å². The SMILES string of the molecule is CSc1ccc([C@@H](O)[C@H](CO)NC(=O)COc2cc(C(F)(F)F)nn2-c2ccccc2Cl)cc1. The molecular weight excluding hydrogens is 495 g/mol. The Labute approximate surface area is 202 Å². The van der Waals surface area contributed by atoms with Crippen molar-refractivity contribution in [2.75, 3.05) is 19.5 Å². The number of hydrogen-bond acceptors (Lipinski definition) is 6. The molecule has 0 fully saturated rings. The maximum absolute atomic E-state index is 13.2. The molecule has 34 heavy (non-hydrogen) atoms. The number of carbonyl (C=O) groups excluding carboxylic acids is 1. The lowest BCUT2D eigenvalue weighted by atomic mass is 10.0. The van der Waals surface area contributed by atoms with E-state index in [1.165, 1.54) is 23.9 Å². The normalized spacial score (nSPS) is 13.4. The fourth-order valence-corrected chi connectivity index (χ4v) is 3.67. The van der Waals surface area contributed by atoms with Crippen LogP contribution < -0.4 is 10.1 Å². The number of aliphatic hydroxyl groups excluding tert-OH is 2. The van der Waals surface area contributed by atoms with Crippen LogP contribution in [0, 0.1) is 0 Å². The number of nitrogens with zero attached hydrogens (tertiary/aromatic N) is 2. The van der Waals surface area contributed by atoms with E-state index in [1.807, 2.05) is 6.26 Å². The first-order valence-electron chi connectivity index (χ1n) is 9.91. The van der Waals surface area contributed by atoms with Crippen LogP contribution in [0.15, 0.2) is 59.5 Å². The number of hydrogen-bond donors (Lipinski definition) is 3. The summed E-state index contributed by atoms with van der Waals surface area (Å²) in [5.74, 6) is -1.12. The van der Waals surface area contributed by atoms with Crippen LogP contribution in [0.3, 0.4) is 0 Å². The van der Waals surface area contributed by atoms with Gasteiger partial charge in [-0.05, 0) is 36.1 Å². The summed E-state index contributed by atoms with van der Waals surface area (Å²) in [5, 5.41) is 26.2. The minimum Gasteiger partial charge on any atom is -0.467 e. The van der Waals surface area contributed by atoms with Gasteiger partial charge in [0, 0.05) is 11.0 Å². The van der Waals surface area contributed by atoms with Crippen LogP contribution >= 0.6 is 23.4 Å². The van der Waals surface area contributed by atoms with Gasteiger partial charge in [0.1, 0.15) is 6.10 Å². The number of nitrogens with one attached hydrogen (secondary N) is 1. The molecular formula is C22H21ClF3N3O4S. The second kappa shape index (κ2) is 11.1. The van der Waals surface area contributed by atoms with E-state index in [4.69, 9.17) is 16.3 Å². The minimum absolute atomic E-state index is 0.129. The predicted octanol–water partition coefficient (Wildman–Crippen LogP) is 3.86. The lowest BCUT2D eigenvalue weighted by Gasteiger charge is -2.23. The van der Waals surface area contributed by atoms with Crippen molar-refractivity contribution in [2.24, 2.45) is 0 Å². The third-order valence-corrected chi connectivity index (χ3v) is 5.84. The number of halogens is 4. The van der Waals surface area contributed by atoms with Crippen molar-refractivity contribution in [2.45, 2.75) is 23.2 Å². The maximum atomic E-state index is 13.2. The first kappa shape index (κ1) is 25.9. The zero-order chi connectivity index (χ0) is 24.9. The second-order valence-corrected chi connectivity index (χ2v) is 8.38. The molecule has 1 heterocycles. The number of alkyl halides is 3. The molecule has 0 saturated heterocycles. The summed E-state index contributed by atoms with van der Waals surface area (Å²) in [6.07, 6.45) is -4.06. The molecule has 182 valence electrons. The molecule has 0 aliphatic carbocycles. The maximum Gasteiger partial charge on any atom is 0.435 e. The fourth-order valence-electron chi connectivity index (χ4n) is 3.05. The van der Waals surface area contributed by atoms with Crippen LogP contribution in [0.1, 0.15) is 17.4 Å². The number of aromatic nitrogens is 2. The van der Waals surface area contributed by atoms with Crippen molar-refractivity contribution >= 4 is 29.3 Å². The van der Waals surface area contributed by atoms with E-state index in [-0.39, 0.29) is 16.6 Å². The highest BCUT2D eigenvalue weighted by Crippen LogP contribution is 2.33. The molecule has 3 N–H and O–H groups in total.